The molecule has 1 amide bonds. The van der Waals surface area contributed by atoms with Gasteiger partial charge in [-0.1, -0.05) is 54.6 Å². The number of aromatic hydroxyl groups is 1. The van der Waals surface area contributed by atoms with E-state index >= 15 is 0 Å². The van der Waals surface area contributed by atoms with Crippen LogP contribution in [-0.2, 0) is 11.3 Å². The van der Waals surface area contributed by atoms with E-state index in [1.165, 1.54) is 0 Å². The molecule has 1 N–H and O–H groups in total. The number of azo groups is 1. The minimum Gasteiger partial charge on any atom is -0.493 e. The predicted octanol–water partition coefficient (Wildman–Crippen LogP) is 5.12. The number of rotatable bonds is 8. The van der Waals surface area contributed by atoms with E-state index in [1.807, 2.05) is 72.8 Å². The van der Waals surface area contributed by atoms with Crippen molar-refractivity contribution >= 4 is 22.5 Å². The van der Waals surface area contributed by atoms with Crippen molar-refractivity contribution in [2.24, 2.45) is 10.2 Å². The lowest BCUT2D eigenvalue weighted by Crippen LogP contribution is -2.08. The number of amides is 1. The Morgan fingerprint density at radius 2 is 1.45 bits per heavy atom. The van der Waals surface area contributed by atoms with E-state index in [4.69, 9.17) is 9.47 Å². The lowest BCUT2D eigenvalue weighted by molar-refractivity contribution is -0.120. The van der Waals surface area contributed by atoms with Crippen molar-refractivity contribution in [1.82, 2.24) is 4.57 Å². The average molecular weight is 415 g/mol. The van der Waals surface area contributed by atoms with Gasteiger partial charge in [0.15, 0.2) is 12.3 Å². The van der Waals surface area contributed by atoms with Crippen LogP contribution in [0.15, 0.2) is 95.2 Å². The van der Waals surface area contributed by atoms with Crippen LogP contribution in [0.4, 0.5) is 5.69 Å². The van der Waals surface area contributed by atoms with Crippen molar-refractivity contribution in [2.45, 2.75) is 6.54 Å². The van der Waals surface area contributed by atoms with Crippen molar-refractivity contribution in [3.05, 3.63) is 84.9 Å². The molecule has 0 aliphatic heterocycles. The number of ether oxygens (including phenoxy) is 2. The molecule has 1 aromatic heterocycles. The normalized spacial score (nSPS) is 11.1. The molecule has 0 radical (unpaired) electrons. The molecule has 0 saturated carbocycles. The zero-order valence-corrected chi connectivity index (χ0v) is 16.7. The Bertz CT molecular complexity index is 1190. The molecule has 7 nitrogen and oxygen atoms in total. The van der Waals surface area contributed by atoms with Gasteiger partial charge in [-0.25, -0.2) is 0 Å². The predicted molar refractivity (Wildman–Crippen MR) is 117 cm³/mol. The van der Waals surface area contributed by atoms with Crippen LogP contribution in [0.3, 0.4) is 0 Å². The second-order valence-electron chi connectivity index (χ2n) is 6.70. The summed E-state index contributed by atoms with van der Waals surface area (Å²) in [7, 11) is 0. The highest BCUT2D eigenvalue weighted by Gasteiger charge is 2.16. The lowest BCUT2D eigenvalue weighted by Gasteiger charge is -2.09. The first-order valence-corrected chi connectivity index (χ1v) is 9.83. The minimum absolute atomic E-state index is 0.0709. The number of carbonyl (C=O) groups is 1. The molecule has 156 valence electrons. The molecule has 1 heterocycles. The summed E-state index contributed by atoms with van der Waals surface area (Å²) >= 11 is 0. The Morgan fingerprint density at radius 3 is 2.16 bits per heavy atom. The number of nitrogens with zero attached hydrogens (tertiary/aromatic N) is 3. The van der Waals surface area contributed by atoms with Crippen molar-refractivity contribution in [2.75, 3.05) is 13.2 Å². The van der Waals surface area contributed by atoms with Gasteiger partial charge in [0, 0.05) is 5.39 Å². The van der Waals surface area contributed by atoms with Crippen LogP contribution in [0, 0.1) is 0 Å². The van der Waals surface area contributed by atoms with Crippen molar-refractivity contribution in [3.63, 3.8) is 0 Å². The first kappa shape index (κ1) is 20.2. The van der Waals surface area contributed by atoms with Gasteiger partial charge in [-0.3, -0.25) is 4.79 Å². The highest BCUT2D eigenvalue weighted by Crippen LogP contribution is 2.38. The summed E-state index contributed by atoms with van der Waals surface area (Å²) in [6, 6.07) is 25.9. The Kier molecular flexibility index (Phi) is 6.23. The molecule has 0 aliphatic rings. The monoisotopic (exact) mass is 415 g/mol. The molecule has 31 heavy (non-hydrogen) atoms. The van der Waals surface area contributed by atoms with Gasteiger partial charge in [0.05, 0.1) is 12.1 Å². The maximum absolute atomic E-state index is 12.1. The van der Waals surface area contributed by atoms with Crippen molar-refractivity contribution < 1.29 is 19.4 Å². The molecule has 3 aromatic carbocycles. The van der Waals surface area contributed by atoms with Gasteiger partial charge < -0.3 is 19.1 Å². The van der Waals surface area contributed by atoms with E-state index in [0.717, 1.165) is 11.3 Å². The van der Waals surface area contributed by atoms with Crippen LogP contribution in [-0.4, -0.2) is 28.8 Å². The fraction of sp³-hybridized carbons (Fsp3) is 0.125. The number of fused-ring (bicyclic) bond motifs is 1. The molecule has 0 saturated heterocycles. The van der Waals surface area contributed by atoms with Gasteiger partial charge in [-0.05, 0) is 30.3 Å². The van der Waals surface area contributed by atoms with Gasteiger partial charge in [0.2, 0.25) is 5.88 Å². The molecule has 0 fully saturated rings. The third-order valence-corrected chi connectivity index (χ3v) is 4.61. The maximum atomic E-state index is 12.1. The summed E-state index contributed by atoms with van der Waals surface area (Å²) in [5.41, 5.74) is 1.02. The van der Waals surface area contributed by atoms with Gasteiger partial charge in [0.25, 0.3) is 0 Å². The van der Waals surface area contributed by atoms with E-state index in [1.54, 1.807) is 16.7 Å². The summed E-state index contributed by atoms with van der Waals surface area (Å²) in [5, 5.41) is 19.2. The molecule has 0 atom stereocenters. The molecule has 4 rings (SSSR count). The summed E-state index contributed by atoms with van der Waals surface area (Å²) < 4.78 is 12.8. The van der Waals surface area contributed by atoms with Crippen molar-refractivity contribution in [3.8, 4) is 17.4 Å². The van der Waals surface area contributed by atoms with Crippen molar-refractivity contribution in [1.29, 1.82) is 0 Å². The van der Waals surface area contributed by atoms with Gasteiger partial charge in [-0.2, -0.15) is 0 Å². The zero-order valence-electron chi connectivity index (χ0n) is 16.7. The number of aromatic nitrogens is 1. The number of carbonyl (C=O) groups excluding carboxylic acids is 1. The Morgan fingerprint density at radius 1 is 0.839 bits per heavy atom. The number of para-hydroxylation sites is 3. The number of hydrogen-bond acceptors (Lipinski definition) is 5. The fourth-order valence-electron chi connectivity index (χ4n) is 3.16. The highest BCUT2D eigenvalue weighted by molar-refractivity contribution is 5.95. The van der Waals surface area contributed by atoms with E-state index in [-0.39, 0.29) is 18.2 Å². The average Bonchev–Trinajstić information content (AvgIpc) is 3.08. The first-order chi connectivity index (χ1) is 15.2. The van der Waals surface area contributed by atoms with Crippen LogP contribution >= 0.6 is 0 Å². The van der Waals surface area contributed by atoms with E-state index < -0.39 is 5.91 Å². The summed E-state index contributed by atoms with van der Waals surface area (Å²) in [6.07, 6.45) is 0. The molecule has 7 heteroatoms. The topological polar surface area (TPSA) is 85.4 Å². The molecule has 0 unspecified atom stereocenters. The van der Waals surface area contributed by atoms with E-state index in [9.17, 15) is 9.90 Å². The molecule has 0 spiro atoms. The number of hydrogen-bond donors (Lipinski definition) is 1. The van der Waals surface area contributed by atoms with Gasteiger partial charge in [0.1, 0.15) is 18.1 Å². The Labute approximate surface area is 179 Å². The number of benzene rings is 3. The SMILES string of the molecule is O=C(COc1ccccc1)N=Nc1c(O)n(CCOc2ccccc2)c2ccccc12. The summed E-state index contributed by atoms with van der Waals surface area (Å²) in [6.45, 7) is 0.524. The quantitative estimate of drug-likeness (QED) is 0.405. The zero-order chi connectivity index (χ0) is 21.5. The highest BCUT2D eigenvalue weighted by atomic mass is 16.5. The second kappa shape index (κ2) is 9.58. The van der Waals surface area contributed by atoms with Crippen LogP contribution in [0.2, 0.25) is 0 Å². The minimum atomic E-state index is -0.549. The molecule has 0 aliphatic carbocycles. The molecule has 4 aromatic rings. The third-order valence-electron chi connectivity index (χ3n) is 4.61. The van der Waals surface area contributed by atoms with Gasteiger partial charge in [-0.15, -0.1) is 10.2 Å². The van der Waals surface area contributed by atoms with E-state index in [0.29, 0.717) is 24.3 Å². The van der Waals surface area contributed by atoms with Crippen LogP contribution in [0.1, 0.15) is 0 Å². The summed E-state index contributed by atoms with van der Waals surface area (Å²) in [5.74, 6) is 0.706. The van der Waals surface area contributed by atoms with E-state index in [2.05, 4.69) is 10.2 Å². The maximum Gasteiger partial charge on any atom is 0.302 e. The lowest BCUT2D eigenvalue weighted by atomic mass is 10.2. The standard InChI is InChI=1S/C24H21N3O4/c28-22(17-31-19-11-5-2-6-12-19)25-26-23-20-13-7-8-14-21(20)27(24(23)29)15-16-30-18-9-3-1-4-10-18/h1-14,29H,15-17H2. The largest absolute Gasteiger partial charge is 0.493 e. The molecular weight excluding hydrogens is 394 g/mol. The van der Waals surface area contributed by atoms with Gasteiger partial charge >= 0.3 is 5.91 Å². The molecular formula is C24H21N3O4. The van der Waals surface area contributed by atoms with Crippen LogP contribution in [0.5, 0.6) is 17.4 Å². The Hall–Kier alpha value is -4.13. The summed E-state index contributed by atoms with van der Waals surface area (Å²) in [4.78, 5) is 12.1. The second-order valence-corrected chi connectivity index (χ2v) is 6.70. The third kappa shape index (κ3) is 4.90. The fourth-order valence-corrected chi connectivity index (χ4v) is 3.16. The van der Waals surface area contributed by atoms with Crippen LogP contribution < -0.4 is 9.47 Å². The smallest absolute Gasteiger partial charge is 0.302 e. The molecule has 0 bridgehead atoms. The first-order valence-electron chi connectivity index (χ1n) is 9.83. The Balaban J connectivity index is 1.47. The van der Waals surface area contributed by atoms with Crippen LogP contribution in [0.25, 0.3) is 10.9 Å².